The predicted molar refractivity (Wildman–Crippen MR) is 131 cm³/mol. The summed E-state index contributed by atoms with van der Waals surface area (Å²) in [5.41, 5.74) is 0.810. The Bertz CT molecular complexity index is 1460. The van der Waals surface area contributed by atoms with Crippen LogP contribution in [0.4, 0.5) is 11.4 Å². The fraction of sp³-hybridized carbons (Fsp3) is 0.0870. The summed E-state index contributed by atoms with van der Waals surface area (Å²) in [6, 6.07) is 22.7. The molecule has 0 unspecified atom stereocenters. The molecule has 1 heterocycles. The number of sulfone groups is 1. The lowest BCUT2D eigenvalue weighted by atomic mass is 10.3. The van der Waals surface area contributed by atoms with Gasteiger partial charge in [-0.3, -0.25) is 19.5 Å². The van der Waals surface area contributed by atoms with E-state index in [0.717, 1.165) is 11.8 Å². The van der Waals surface area contributed by atoms with Crippen molar-refractivity contribution in [2.75, 3.05) is 11.1 Å². The first-order valence-corrected chi connectivity index (χ1v) is 12.9. The van der Waals surface area contributed by atoms with E-state index in [9.17, 15) is 23.3 Å². The number of benzene rings is 3. The van der Waals surface area contributed by atoms with Gasteiger partial charge in [0.2, 0.25) is 5.91 Å². The van der Waals surface area contributed by atoms with Crippen LogP contribution >= 0.6 is 11.8 Å². The molecule has 0 saturated heterocycles. The number of non-ortho nitro benzene ring substituents is 1. The van der Waals surface area contributed by atoms with Gasteiger partial charge < -0.3 is 5.32 Å². The van der Waals surface area contributed by atoms with Gasteiger partial charge in [-0.1, -0.05) is 54.2 Å². The summed E-state index contributed by atoms with van der Waals surface area (Å²) in [6.07, 6.45) is 0. The van der Waals surface area contributed by atoms with Crippen LogP contribution in [-0.2, 0) is 20.4 Å². The highest BCUT2D eigenvalue weighted by molar-refractivity contribution is 7.99. The second-order valence-corrected chi connectivity index (χ2v) is 10.2. The Morgan fingerprint density at radius 3 is 2.34 bits per heavy atom. The summed E-state index contributed by atoms with van der Waals surface area (Å²) in [5.74, 6) is -0.642. The molecule has 0 fully saturated rings. The number of anilines is 1. The summed E-state index contributed by atoms with van der Waals surface area (Å²) >= 11 is 1.07. The van der Waals surface area contributed by atoms with Gasteiger partial charge in [0.05, 0.1) is 15.6 Å². The first kappa shape index (κ1) is 24.1. The zero-order valence-corrected chi connectivity index (χ0v) is 19.8. The molecule has 0 bridgehead atoms. The van der Waals surface area contributed by atoms with Gasteiger partial charge in [-0.25, -0.2) is 8.42 Å². The number of carbonyl (C=O) groups excluding carboxylic acids is 1. The van der Waals surface area contributed by atoms with E-state index >= 15 is 0 Å². The largest absolute Gasteiger partial charge is 0.325 e. The van der Waals surface area contributed by atoms with Crippen molar-refractivity contribution in [2.24, 2.45) is 0 Å². The van der Waals surface area contributed by atoms with E-state index in [2.05, 4.69) is 15.5 Å². The van der Waals surface area contributed by atoms with Gasteiger partial charge in [-0.05, 0) is 30.3 Å². The maximum absolute atomic E-state index is 12.9. The Kier molecular flexibility index (Phi) is 7.22. The summed E-state index contributed by atoms with van der Waals surface area (Å²) in [4.78, 5) is 23.1. The summed E-state index contributed by atoms with van der Waals surface area (Å²) in [5, 5.41) is 22.1. The van der Waals surface area contributed by atoms with Crippen molar-refractivity contribution in [2.45, 2.75) is 15.8 Å². The van der Waals surface area contributed by atoms with Gasteiger partial charge in [0.25, 0.3) is 5.69 Å². The molecule has 4 aromatic rings. The molecule has 1 N–H and O–H groups in total. The molecule has 10 nitrogen and oxygen atoms in total. The number of thioether (sulfide) groups is 1. The minimum Gasteiger partial charge on any atom is -0.325 e. The van der Waals surface area contributed by atoms with Crippen LogP contribution in [0.25, 0.3) is 5.69 Å². The number of nitro benzene ring substituents is 1. The highest BCUT2D eigenvalue weighted by Gasteiger charge is 2.23. The fourth-order valence-electron chi connectivity index (χ4n) is 3.23. The Hall–Kier alpha value is -4.03. The van der Waals surface area contributed by atoms with Crippen LogP contribution < -0.4 is 5.32 Å². The summed E-state index contributed by atoms with van der Waals surface area (Å²) < 4.78 is 27.5. The van der Waals surface area contributed by atoms with Crippen molar-refractivity contribution in [3.8, 4) is 5.69 Å². The molecule has 0 aliphatic carbocycles. The van der Waals surface area contributed by atoms with Crippen LogP contribution in [0.1, 0.15) is 5.82 Å². The number of hydrogen-bond donors (Lipinski definition) is 1. The number of nitro groups is 1. The van der Waals surface area contributed by atoms with Crippen LogP contribution in [0.15, 0.2) is 95.0 Å². The standard InChI is InChI=1S/C23H19N5O5S2/c29-22(24-17-8-7-11-19(14-17)28(30)31)15-34-23-26-25-21(27(23)18-9-3-1-4-10-18)16-35(32,33)20-12-5-2-6-13-20/h1-14H,15-16H2,(H,24,29). The Labute approximate surface area is 205 Å². The van der Waals surface area contributed by atoms with Crippen molar-refractivity contribution in [3.05, 3.63) is 101 Å². The lowest BCUT2D eigenvalue weighted by Crippen LogP contribution is -2.15. The zero-order chi connectivity index (χ0) is 24.8. The topological polar surface area (TPSA) is 137 Å². The van der Waals surface area contributed by atoms with Gasteiger partial charge >= 0.3 is 0 Å². The zero-order valence-electron chi connectivity index (χ0n) is 18.1. The number of para-hydroxylation sites is 1. The van der Waals surface area contributed by atoms with E-state index in [4.69, 9.17) is 0 Å². The molecular weight excluding hydrogens is 490 g/mol. The van der Waals surface area contributed by atoms with Crippen molar-refractivity contribution < 1.29 is 18.1 Å². The monoisotopic (exact) mass is 509 g/mol. The third kappa shape index (κ3) is 5.91. The van der Waals surface area contributed by atoms with E-state index in [-0.39, 0.29) is 27.9 Å². The Morgan fingerprint density at radius 1 is 0.971 bits per heavy atom. The van der Waals surface area contributed by atoms with Gasteiger partial charge in [0.15, 0.2) is 20.8 Å². The van der Waals surface area contributed by atoms with Gasteiger partial charge in [0, 0.05) is 23.5 Å². The number of amides is 1. The maximum atomic E-state index is 12.9. The van der Waals surface area contributed by atoms with E-state index < -0.39 is 20.7 Å². The minimum atomic E-state index is -3.68. The predicted octanol–water partition coefficient (Wildman–Crippen LogP) is 3.88. The molecule has 1 aromatic heterocycles. The maximum Gasteiger partial charge on any atom is 0.271 e. The van der Waals surface area contributed by atoms with Crippen molar-refractivity contribution >= 4 is 38.9 Å². The van der Waals surface area contributed by atoms with Crippen LogP contribution in [0.3, 0.4) is 0 Å². The van der Waals surface area contributed by atoms with Gasteiger partial charge in [-0.2, -0.15) is 0 Å². The second-order valence-electron chi connectivity index (χ2n) is 7.29. The summed E-state index contributed by atoms with van der Waals surface area (Å²) in [6.45, 7) is 0. The highest BCUT2D eigenvalue weighted by atomic mass is 32.2. The van der Waals surface area contributed by atoms with Gasteiger partial charge in [-0.15, -0.1) is 10.2 Å². The minimum absolute atomic E-state index is 0.0703. The average molecular weight is 510 g/mol. The SMILES string of the molecule is O=C(CSc1nnc(CS(=O)(=O)c2ccccc2)n1-c1ccccc1)Nc1cccc([N+](=O)[O-])c1. The molecule has 0 spiro atoms. The van der Waals surface area contributed by atoms with Gasteiger partial charge in [0.1, 0.15) is 5.75 Å². The Balaban J connectivity index is 1.55. The molecular formula is C23H19N5O5S2. The van der Waals surface area contributed by atoms with Crippen LogP contribution in [-0.4, -0.2) is 39.8 Å². The molecule has 0 atom stereocenters. The Morgan fingerprint density at radius 2 is 1.66 bits per heavy atom. The molecule has 35 heavy (non-hydrogen) atoms. The van der Waals surface area contributed by atoms with Crippen molar-refractivity contribution in [3.63, 3.8) is 0 Å². The number of aromatic nitrogens is 3. The van der Waals surface area contributed by atoms with Crippen LogP contribution in [0.5, 0.6) is 0 Å². The number of nitrogens with one attached hydrogen (secondary N) is 1. The lowest BCUT2D eigenvalue weighted by Gasteiger charge is -2.11. The van der Waals surface area contributed by atoms with E-state index in [1.807, 2.05) is 6.07 Å². The third-order valence-electron chi connectivity index (χ3n) is 4.81. The molecule has 1 amide bonds. The van der Waals surface area contributed by atoms with E-state index in [1.54, 1.807) is 53.1 Å². The number of hydrogen-bond acceptors (Lipinski definition) is 8. The van der Waals surface area contributed by atoms with Crippen LogP contribution in [0, 0.1) is 10.1 Å². The molecule has 0 saturated carbocycles. The number of rotatable bonds is 9. The molecule has 4 rings (SSSR count). The molecule has 0 radical (unpaired) electrons. The number of carbonyl (C=O) groups is 1. The van der Waals surface area contributed by atoms with Crippen molar-refractivity contribution in [1.29, 1.82) is 0 Å². The quantitative estimate of drug-likeness (QED) is 0.204. The van der Waals surface area contributed by atoms with Crippen molar-refractivity contribution in [1.82, 2.24) is 14.8 Å². The molecule has 0 aliphatic rings. The lowest BCUT2D eigenvalue weighted by molar-refractivity contribution is -0.384. The van der Waals surface area contributed by atoms with E-state index in [0.29, 0.717) is 16.5 Å². The average Bonchev–Trinajstić information content (AvgIpc) is 3.25. The highest BCUT2D eigenvalue weighted by Crippen LogP contribution is 2.25. The first-order valence-electron chi connectivity index (χ1n) is 10.3. The van der Waals surface area contributed by atoms with Crippen LogP contribution in [0.2, 0.25) is 0 Å². The third-order valence-corrected chi connectivity index (χ3v) is 7.37. The molecule has 0 aliphatic heterocycles. The molecule has 12 heteroatoms. The molecule has 178 valence electrons. The summed E-state index contributed by atoms with van der Waals surface area (Å²) in [7, 11) is -3.68. The number of nitrogens with zero attached hydrogens (tertiary/aromatic N) is 4. The molecule has 3 aromatic carbocycles. The second kappa shape index (κ2) is 10.5. The van der Waals surface area contributed by atoms with E-state index in [1.165, 1.54) is 30.3 Å². The smallest absolute Gasteiger partial charge is 0.271 e. The fourth-order valence-corrected chi connectivity index (χ4v) is 5.27. The first-order chi connectivity index (χ1) is 16.8. The normalized spacial score (nSPS) is 11.2.